The number of aromatic nitrogens is 1. The number of rotatable bonds is 13. The molecular formula is C43H61NO8. The number of ketones is 1. The minimum absolute atomic E-state index is 0.131. The van der Waals surface area contributed by atoms with Crippen molar-refractivity contribution >= 4 is 11.8 Å². The van der Waals surface area contributed by atoms with Gasteiger partial charge in [0, 0.05) is 43.9 Å². The highest BCUT2D eigenvalue weighted by Gasteiger charge is 2.62. The number of aliphatic hydroxyl groups is 1. The summed E-state index contributed by atoms with van der Waals surface area (Å²) in [6.45, 7) is 23.2. The fourth-order valence-electron chi connectivity index (χ4n) is 7.53. The summed E-state index contributed by atoms with van der Waals surface area (Å²) in [6, 6.07) is 13.7. The summed E-state index contributed by atoms with van der Waals surface area (Å²) in [5.41, 5.74) is -0.401. The molecule has 0 saturated heterocycles. The first-order valence-electron chi connectivity index (χ1n) is 18.8. The number of hydrogen-bond acceptors (Lipinski definition) is 9. The van der Waals surface area contributed by atoms with Crippen molar-refractivity contribution in [3.63, 3.8) is 0 Å². The standard InChI is InChI=1S/C43H61NO8/c1-27(2)23-48-36-30(6)21-43(47)35(36)37(52-32(8)45)31(7)38(49-24-28(3)4)39(50-25-33-15-12-11-13-16-33)41(51-26-34-17-14-20-44-22-34)42(9,10)19-18-29(5)40(43)46/h11-20,22,27-30,35-39,41,47H,7,21,23-26H2,1-6,8-10H3/b19-18+/t29-,30+,35-,36+,37+,38+,39-,41-,43-/m1/s1. The van der Waals surface area contributed by atoms with E-state index in [1.807, 2.05) is 89.2 Å². The van der Waals surface area contributed by atoms with Gasteiger partial charge in [-0.05, 0) is 46.9 Å². The Morgan fingerprint density at radius 1 is 0.904 bits per heavy atom. The van der Waals surface area contributed by atoms with Crippen LogP contribution in [0.5, 0.6) is 0 Å². The van der Waals surface area contributed by atoms with E-state index in [4.69, 9.17) is 23.7 Å². The zero-order valence-corrected chi connectivity index (χ0v) is 32.6. The lowest BCUT2D eigenvalue weighted by atomic mass is 9.72. The van der Waals surface area contributed by atoms with Gasteiger partial charge >= 0.3 is 5.97 Å². The summed E-state index contributed by atoms with van der Waals surface area (Å²) >= 11 is 0. The van der Waals surface area contributed by atoms with Crippen LogP contribution in [0.1, 0.15) is 79.9 Å². The topological polar surface area (TPSA) is 113 Å². The average Bonchev–Trinajstić information content (AvgIpc) is 3.36. The Kier molecular flexibility index (Phi) is 14.6. The molecule has 0 spiro atoms. The number of Topliss-reactive ketones (excluding diaryl/α,β-unsaturated/α-hetero) is 1. The number of allylic oxidation sites excluding steroid dienone is 1. The first-order valence-corrected chi connectivity index (χ1v) is 18.8. The molecule has 1 saturated carbocycles. The lowest BCUT2D eigenvalue weighted by Crippen LogP contribution is -2.57. The van der Waals surface area contributed by atoms with Crippen LogP contribution in [0.2, 0.25) is 0 Å². The van der Waals surface area contributed by atoms with E-state index in [0.29, 0.717) is 18.8 Å². The summed E-state index contributed by atoms with van der Waals surface area (Å²) in [5, 5.41) is 12.7. The maximum absolute atomic E-state index is 14.5. The Morgan fingerprint density at radius 3 is 2.15 bits per heavy atom. The van der Waals surface area contributed by atoms with E-state index < -0.39 is 59.3 Å². The maximum Gasteiger partial charge on any atom is 0.303 e. The van der Waals surface area contributed by atoms with Gasteiger partial charge in [0.2, 0.25) is 0 Å². The molecule has 1 fully saturated rings. The van der Waals surface area contributed by atoms with Crippen molar-refractivity contribution in [2.24, 2.45) is 35.0 Å². The third kappa shape index (κ3) is 10.3. The first-order chi connectivity index (χ1) is 24.5. The molecule has 0 bridgehead atoms. The van der Waals surface area contributed by atoms with Crippen molar-refractivity contribution < 1.29 is 38.4 Å². The van der Waals surface area contributed by atoms with Gasteiger partial charge < -0.3 is 28.8 Å². The van der Waals surface area contributed by atoms with Crippen molar-refractivity contribution in [3.05, 3.63) is 90.3 Å². The molecule has 1 aromatic carbocycles. The number of benzene rings is 1. The van der Waals surface area contributed by atoms with E-state index >= 15 is 0 Å². The van der Waals surface area contributed by atoms with E-state index in [2.05, 4.69) is 25.4 Å². The Labute approximate surface area is 311 Å². The lowest BCUT2D eigenvalue weighted by Gasteiger charge is -2.45. The number of pyridine rings is 1. The third-order valence-electron chi connectivity index (χ3n) is 10.1. The van der Waals surface area contributed by atoms with Crippen molar-refractivity contribution in [1.82, 2.24) is 4.98 Å². The van der Waals surface area contributed by atoms with Crippen LogP contribution in [0, 0.1) is 35.0 Å². The Bertz CT molecular complexity index is 1490. The molecule has 1 heterocycles. The SMILES string of the molecule is C=C1[C@H](OCC(C)C)[C@@H](OCc2ccccc2)[C@@H](OCc2cccnc2)C(C)(C)/C=C/[C@@H](C)C(=O)[C@@]2(O)C[C@H](C)[C@H](OCC(C)C)[C@@H]2[C@H]1OC(C)=O. The number of esters is 1. The molecule has 9 atom stereocenters. The Hall–Kier alpha value is -3.21. The summed E-state index contributed by atoms with van der Waals surface area (Å²) in [5.74, 6) is -2.46. The van der Waals surface area contributed by atoms with E-state index in [1.165, 1.54) is 6.92 Å². The first kappa shape index (κ1) is 41.5. The number of carbonyl (C=O) groups is 2. The van der Waals surface area contributed by atoms with Crippen LogP contribution in [0.15, 0.2) is 79.2 Å². The van der Waals surface area contributed by atoms with Gasteiger partial charge in [-0.15, -0.1) is 0 Å². The smallest absolute Gasteiger partial charge is 0.303 e. The monoisotopic (exact) mass is 719 g/mol. The molecule has 2 aliphatic carbocycles. The van der Waals surface area contributed by atoms with Crippen molar-refractivity contribution in [3.8, 4) is 0 Å². The van der Waals surface area contributed by atoms with Gasteiger partial charge in [-0.1, -0.05) is 111 Å². The molecule has 0 aliphatic heterocycles. The number of nitrogens with zero attached hydrogens (tertiary/aromatic N) is 1. The van der Waals surface area contributed by atoms with Gasteiger partial charge in [0.1, 0.15) is 23.9 Å². The number of fused-ring (bicyclic) bond motifs is 1. The van der Waals surface area contributed by atoms with E-state index in [0.717, 1.165) is 11.1 Å². The molecule has 2 aromatic rings. The summed E-state index contributed by atoms with van der Waals surface area (Å²) in [6.07, 6.45) is 3.37. The molecular weight excluding hydrogens is 658 g/mol. The van der Waals surface area contributed by atoms with Crippen LogP contribution in [-0.2, 0) is 46.5 Å². The quantitative estimate of drug-likeness (QED) is 0.168. The summed E-state index contributed by atoms with van der Waals surface area (Å²) in [4.78, 5) is 31.9. The molecule has 52 heavy (non-hydrogen) atoms. The molecule has 9 nitrogen and oxygen atoms in total. The second-order valence-electron chi connectivity index (χ2n) is 16.3. The zero-order valence-electron chi connectivity index (χ0n) is 32.6. The maximum atomic E-state index is 14.5. The minimum Gasteiger partial charge on any atom is -0.457 e. The molecule has 1 aromatic heterocycles. The van der Waals surface area contributed by atoms with Gasteiger partial charge in [0.25, 0.3) is 0 Å². The molecule has 286 valence electrons. The van der Waals surface area contributed by atoms with Crippen molar-refractivity contribution in [2.45, 2.75) is 118 Å². The van der Waals surface area contributed by atoms with Crippen LogP contribution < -0.4 is 0 Å². The predicted octanol–water partition coefficient (Wildman–Crippen LogP) is 7.31. The molecule has 9 heteroatoms. The normalized spacial score (nSPS) is 31.5. The highest BCUT2D eigenvalue weighted by atomic mass is 16.6. The predicted molar refractivity (Wildman–Crippen MR) is 201 cm³/mol. The largest absolute Gasteiger partial charge is 0.457 e. The molecule has 0 unspecified atom stereocenters. The third-order valence-corrected chi connectivity index (χ3v) is 10.1. The fraction of sp³-hybridized carbons (Fsp3) is 0.605. The number of hydrogen-bond donors (Lipinski definition) is 1. The number of carbonyl (C=O) groups excluding carboxylic acids is 2. The zero-order chi connectivity index (χ0) is 38.2. The second kappa shape index (κ2) is 18.2. The Balaban J connectivity index is 1.96. The van der Waals surface area contributed by atoms with Crippen LogP contribution in [0.4, 0.5) is 0 Å². The molecule has 4 rings (SSSR count). The molecule has 0 amide bonds. The van der Waals surface area contributed by atoms with Crippen molar-refractivity contribution in [1.29, 1.82) is 0 Å². The van der Waals surface area contributed by atoms with E-state index in [1.54, 1.807) is 19.3 Å². The van der Waals surface area contributed by atoms with E-state index in [9.17, 15) is 14.7 Å². The van der Waals surface area contributed by atoms with Gasteiger partial charge in [-0.3, -0.25) is 14.6 Å². The number of ether oxygens (including phenoxy) is 5. The molecule has 1 N–H and O–H groups in total. The minimum atomic E-state index is -1.88. The summed E-state index contributed by atoms with van der Waals surface area (Å²) < 4.78 is 33.3. The average molecular weight is 720 g/mol. The van der Waals surface area contributed by atoms with Gasteiger partial charge in [-0.25, -0.2) is 0 Å². The second-order valence-corrected chi connectivity index (χ2v) is 16.3. The van der Waals surface area contributed by atoms with Crippen LogP contribution in [-0.4, -0.2) is 71.2 Å². The molecule has 0 radical (unpaired) electrons. The van der Waals surface area contributed by atoms with Crippen molar-refractivity contribution in [2.75, 3.05) is 13.2 Å². The highest BCUT2D eigenvalue weighted by molar-refractivity contribution is 5.91. The summed E-state index contributed by atoms with van der Waals surface area (Å²) in [7, 11) is 0. The van der Waals surface area contributed by atoms with Crippen LogP contribution in [0.25, 0.3) is 0 Å². The van der Waals surface area contributed by atoms with Crippen LogP contribution in [0.3, 0.4) is 0 Å². The molecule has 2 aliphatic rings. The van der Waals surface area contributed by atoms with E-state index in [-0.39, 0.29) is 43.2 Å². The van der Waals surface area contributed by atoms with Gasteiger partial charge in [0.05, 0.1) is 31.3 Å². The lowest BCUT2D eigenvalue weighted by molar-refractivity contribution is -0.180. The highest BCUT2D eigenvalue weighted by Crippen LogP contribution is 2.49. The van der Waals surface area contributed by atoms with Gasteiger partial charge in [-0.2, -0.15) is 0 Å². The van der Waals surface area contributed by atoms with Crippen LogP contribution >= 0.6 is 0 Å². The van der Waals surface area contributed by atoms with Gasteiger partial charge in [0.15, 0.2) is 5.78 Å². The fourth-order valence-corrected chi connectivity index (χ4v) is 7.53. The Morgan fingerprint density at radius 2 is 1.54 bits per heavy atom.